The lowest BCUT2D eigenvalue weighted by atomic mass is 9.78. The summed E-state index contributed by atoms with van der Waals surface area (Å²) in [5.74, 6) is -0.553. The van der Waals surface area contributed by atoms with Gasteiger partial charge in [-0.2, -0.15) is 14.0 Å². The van der Waals surface area contributed by atoms with E-state index in [1.54, 1.807) is 41.8 Å². The van der Waals surface area contributed by atoms with Gasteiger partial charge in [-0.05, 0) is 44.7 Å². The van der Waals surface area contributed by atoms with Crippen molar-refractivity contribution in [3.8, 4) is 11.8 Å². The van der Waals surface area contributed by atoms with Crippen molar-refractivity contribution >= 4 is 22.9 Å². The number of rotatable bonds is 7. The lowest BCUT2D eigenvalue weighted by molar-refractivity contribution is -0.120. The Morgan fingerprint density at radius 2 is 2.06 bits per heavy atom. The van der Waals surface area contributed by atoms with Crippen molar-refractivity contribution < 1.29 is 23.4 Å². The Labute approximate surface area is 189 Å². The molecule has 0 radical (unpaired) electrons. The summed E-state index contributed by atoms with van der Waals surface area (Å²) in [4.78, 5) is 17.3. The average Bonchev–Trinajstić information content (AvgIpc) is 3.10. The number of alkyl halides is 2. The second-order valence-electron chi connectivity index (χ2n) is 8.82. The van der Waals surface area contributed by atoms with Crippen molar-refractivity contribution in [3.63, 3.8) is 0 Å². The number of halogens is 2. The molecule has 1 atom stereocenters. The van der Waals surface area contributed by atoms with E-state index in [1.807, 2.05) is 19.1 Å². The molecule has 2 N–H and O–H groups in total. The largest absolute Gasteiger partial charge is 0.432 e. The summed E-state index contributed by atoms with van der Waals surface area (Å²) >= 11 is 0. The molecule has 1 saturated carbocycles. The number of nitrogens with zero attached hydrogens (tertiary/aromatic N) is 3. The van der Waals surface area contributed by atoms with Crippen LogP contribution < -0.4 is 10.1 Å². The molecule has 0 spiro atoms. The number of aliphatic hydroxyl groups is 1. The monoisotopic (exact) mass is 454 g/mol. The van der Waals surface area contributed by atoms with E-state index in [0.29, 0.717) is 11.1 Å². The highest BCUT2D eigenvalue weighted by atomic mass is 19.3. The van der Waals surface area contributed by atoms with Crippen molar-refractivity contribution in [3.05, 3.63) is 53.6 Å². The first kappa shape index (κ1) is 22.7. The molecule has 3 aromatic rings. The Morgan fingerprint density at radius 1 is 1.36 bits per heavy atom. The molecule has 33 heavy (non-hydrogen) atoms. The predicted molar refractivity (Wildman–Crippen MR) is 118 cm³/mol. The first-order chi connectivity index (χ1) is 15.6. The number of fused-ring (bicyclic) bond motifs is 1. The molecule has 0 aliphatic heterocycles. The van der Waals surface area contributed by atoms with Crippen LogP contribution in [0.15, 0.2) is 42.5 Å². The van der Waals surface area contributed by atoms with Crippen LogP contribution in [-0.2, 0) is 15.9 Å². The Kier molecular flexibility index (Phi) is 5.80. The molecular formula is C24H24F2N4O3. The Bertz CT molecular complexity index is 1230. The lowest BCUT2D eigenvalue weighted by Gasteiger charge is -2.41. The Balaban J connectivity index is 1.74. The van der Waals surface area contributed by atoms with Gasteiger partial charge in [-0.25, -0.2) is 4.98 Å². The molecule has 7 nitrogen and oxygen atoms in total. The summed E-state index contributed by atoms with van der Waals surface area (Å²) in [5.41, 5.74) is -0.529. The number of benzene rings is 2. The van der Waals surface area contributed by atoms with E-state index in [0.717, 1.165) is 19.3 Å². The van der Waals surface area contributed by atoms with Crippen LogP contribution >= 0.6 is 0 Å². The van der Waals surface area contributed by atoms with Crippen LogP contribution in [0.2, 0.25) is 0 Å². The van der Waals surface area contributed by atoms with Gasteiger partial charge in [-0.3, -0.25) is 10.1 Å². The fourth-order valence-electron chi connectivity index (χ4n) is 4.32. The summed E-state index contributed by atoms with van der Waals surface area (Å²) in [7, 11) is 0. The van der Waals surface area contributed by atoms with Gasteiger partial charge in [-0.15, -0.1) is 0 Å². The number of hydrogen-bond acceptors (Lipinski definition) is 5. The Morgan fingerprint density at radius 3 is 2.64 bits per heavy atom. The standard InChI is InChI=1S/C24H24F2N4O3/c1-23(9-6-10-23)30-17-11-15(14-27)12-18(33-21(25)26)20(17)29-22(30)28-19(31)13-24(2,32)16-7-4-3-5-8-16/h3-5,7-8,11-12,21,32H,6,9-10,13H2,1-2H3,(H,28,29,31)/t24-/m0/s1. The number of carbonyl (C=O) groups is 1. The van der Waals surface area contributed by atoms with Gasteiger partial charge >= 0.3 is 6.61 Å². The van der Waals surface area contributed by atoms with E-state index in [4.69, 9.17) is 0 Å². The smallest absolute Gasteiger partial charge is 0.387 e. The van der Waals surface area contributed by atoms with Gasteiger partial charge in [0.05, 0.1) is 29.2 Å². The van der Waals surface area contributed by atoms with Crippen LogP contribution in [-0.4, -0.2) is 27.2 Å². The van der Waals surface area contributed by atoms with E-state index >= 15 is 0 Å². The minimum atomic E-state index is -3.09. The third-order valence-corrected chi connectivity index (χ3v) is 6.19. The maximum atomic E-state index is 13.0. The molecule has 0 bridgehead atoms. The zero-order valence-electron chi connectivity index (χ0n) is 18.3. The van der Waals surface area contributed by atoms with Gasteiger partial charge in [-0.1, -0.05) is 30.3 Å². The van der Waals surface area contributed by atoms with Gasteiger partial charge in [0.25, 0.3) is 0 Å². The van der Waals surface area contributed by atoms with E-state index in [2.05, 4.69) is 15.0 Å². The number of carbonyl (C=O) groups excluding carboxylic acids is 1. The fraction of sp³-hybridized carbons (Fsp3) is 0.375. The van der Waals surface area contributed by atoms with Crippen molar-refractivity contribution in [1.29, 1.82) is 5.26 Å². The number of anilines is 1. The fourth-order valence-corrected chi connectivity index (χ4v) is 4.32. The van der Waals surface area contributed by atoms with Crippen LogP contribution in [0.5, 0.6) is 5.75 Å². The lowest BCUT2D eigenvalue weighted by Crippen LogP contribution is -2.38. The third-order valence-electron chi connectivity index (χ3n) is 6.19. The Hall–Kier alpha value is -3.51. The summed E-state index contributed by atoms with van der Waals surface area (Å²) in [6.45, 7) is 0.442. The van der Waals surface area contributed by atoms with Gasteiger partial charge in [0.1, 0.15) is 5.52 Å². The number of nitrogens with one attached hydrogen (secondary N) is 1. The quantitative estimate of drug-likeness (QED) is 0.542. The number of aromatic nitrogens is 2. The molecule has 1 aromatic heterocycles. The minimum Gasteiger partial charge on any atom is -0.432 e. The normalized spacial score (nSPS) is 16.6. The van der Waals surface area contributed by atoms with Crippen LogP contribution in [0.25, 0.3) is 11.0 Å². The molecule has 2 aromatic carbocycles. The van der Waals surface area contributed by atoms with Crippen LogP contribution in [0.4, 0.5) is 14.7 Å². The van der Waals surface area contributed by atoms with E-state index < -0.39 is 23.7 Å². The van der Waals surface area contributed by atoms with Crippen LogP contribution in [0.1, 0.15) is 50.7 Å². The maximum Gasteiger partial charge on any atom is 0.387 e. The van der Waals surface area contributed by atoms with Gasteiger partial charge in [0.2, 0.25) is 11.9 Å². The SMILES string of the molecule is CC1(n2c(NC(=O)C[C@](C)(O)c3ccccc3)nc3c(OC(F)F)cc(C#N)cc32)CCC1. The first-order valence-corrected chi connectivity index (χ1v) is 10.6. The number of nitriles is 1. The van der Waals surface area contributed by atoms with Gasteiger partial charge in [0.15, 0.2) is 5.75 Å². The first-order valence-electron chi connectivity index (χ1n) is 10.6. The summed E-state index contributed by atoms with van der Waals surface area (Å²) in [6.07, 6.45) is 2.32. The zero-order chi connectivity index (χ0) is 23.8. The van der Waals surface area contributed by atoms with Crippen molar-refractivity contribution in [1.82, 2.24) is 9.55 Å². The third kappa shape index (κ3) is 4.39. The molecule has 9 heteroatoms. The average molecular weight is 454 g/mol. The molecule has 1 fully saturated rings. The predicted octanol–water partition coefficient (Wildman–Crippen LogP) is 4.64. The maximum absolute atomic E-state index is 13.0. The van der Waals surface area contributed by atoms with E-state index in [1.165, 1.54) is 6.07 Å². The number of hydrogen-bond donors (Lipinski definition) is 2. The van der Waals surface area contributed by atoms with Crippen LogP contribution in [0, 0.1) is 11.3 Å². The zero-order valence-corrected chi connectivity index (χ0v) is 18.3. The van der Waals surface area contributed by atoms with E-state index in [9.17, 15) is 23.9 Å². The minimum absolute atomic E-state index is 0.132. The van der Waals surface area contributed by atoms with Crippen molar-refractivity contribution in [2.24, 2.45) is 0 Å². The van der Waals surface area contributed by atoms with Gasteiger partial charge < -0.3 is 14.4 Å². The molecule has 4 rings (SSSR count). The molecular weight excluding hydrogens is 430 g/mol. The van der Waals surface area contributed by atoms with Crippen molar-refractivity contribution in [2.45, 2.75) is 57.3 Å². The topological polar surface area (TPSA) is 100 Å². The second-order valence-corrected chi connectivity index (χ2v) is 8.82. The van der Waals surface area contributed by atoms with Gasteiger partial charge in [0, 0.05) is 11.6 Å². The number of imidazole rings is 1. The van der Waals surface area contributed by atoms with Crippen molar-refractivity contribution in [2.75, 3.05) is 5.32 Å². The number of ether oxygens (including phenoxy) is 1. The molecule has 172 valence electrons. The highest BCUT2D eigenvalue weighted by Crippen LogP contribution is 2.44. The van der Waals surface area contributed by atoms with Crippen LogP contribution in [0.3, 0.4) is 0 Å². The molecule has 1 amide bonds. The molecule has 0 unspecified atom stereocenters. The molecule has 0 saturated heterocycles. The second kappa shape index (κ2) is 8.45. The highest BCUT2D eigenvalue weighted by molar-refractivity contribution is 5.94. The highest BCUT2D eigenvalue weighted by Gasteiger charge is 2.38. The summed E-state index contributed by atoms with van der Waals surface area (Å²) in [5, 5.41) is 23.0. The molecule has 1 aliphatic rings. The summed E-state index contributed by atoms with van der Waals surface area (Å²) in [6, 6.07) is 13.6. The number of amides is 1. The van der Waals surface area contributed by atoms with E-state index in [-0.39, 0.29) is 29.2 Å². The molecule has 1 aliphatic carbocycles. The molecule has 1 heterocycles. The summed E-state index contributed by atoms with van der Waals surface area (Å²) < 4.78 is 32.5.